The number of aromatic nitrogens is 3. The van der Waals surface area contributed by atoms with Crippen molar-refractivity contribution < 1.29 is 32.4 Å². The molecule has 0 radical (unpaired) electrons. The Morgan fingerprint density at radius 3 is 2.67 bits per heavy atom. The average Bonchev–Trinajstić information content (AvgIpc) is 2.85. The van der Waals surface area contributed by atoms with E-state index in [1.54, 1.807) is 18.3 Å². The molecule has 2 aromatic heterocycles. The van der Waals surface area contributed by atoms with Crippen LogP contribution in [0.5, 0.6) is 0 Å². The van der Waals surface area contributed by atoms with E-state index in [1.165, 1.54) is 6.07 Å². The summed E-state index contributed by atoms with van der Waals surface area (Å²) in [6.45, 7) is 10.7. The van der Waals surface area contributed by atoms with Gasteiger partial charge in [0.2, 0.25) is 5.95 Å². The van der Waals surface area contributed by atoms with Crippen molar-refractivity contribution in [3.05, 3.63) is 54.8 Å². The van der Waals surface area contributed by atoms with Gasteiger partial charge in [-0.05, 0) is 17.5 Å². The van der Waals surface area contributed by atoms with Crippen LogP contribution in [0.1, 0.15) is 51.5 Å². The molecule has 1 fully saturated rings. The van der Waals surface area contributed by atoms with Crippen molar-refractivity contribution in [2.75, 3.05) is 18.4 Å². The van der Waals surface area contributed by atoms with Crippen molar-refractivity contribution in [3.8, 4) is 11.3 Å². The fourth-order valence-electron chi connectivity index (χ4n) is 3.83. The molecule has 0 bridgehead atoms. The molecule has 0 aliphatic carbocycles. The van der Waals surface area contributed by atoms with Crippen molar-refractivity contribution in [1.82, 2.24) is 20.3 Å². The maximum atomic E-state index is 13.6. The average molecular weight is 488 g/mol. The van der Waals surface area contributed by atoms with E-state index < -0.39 is 12.0 Å². The first-order valence-corrected chi connectivity index (χ1v) is 12.0. The number of hydrogen-bond donors (Lipinski definition) is 2. The molecule has 6 nitrogen and oxygen atoms in total. The second kappa shape index (κ2) is 14.4. The van der Waals surface area contributed by atoms with Gasteiger partial charge in [-0.15, -0.1) is 17.7 Å². The molecule has 0 saturated carbocycles. The Bertz CT molecular complexity index is 1130. The Balaban J connectivity index is 0.000000503. The van der Waals surface area contributed by atoms with Crippen LogP contribution in [0.15, 0.2) is 30.5 Å². The predicted molar refractivity (Wildman–Crippen MR) is 135 cm³/mol. The molecule has 3 atom stereocenters. The van der Waals surface area contributed by atoms with Crippen molar-refractivity contribution in [3.63, 3.8) is 0 Å². The van der Waals surface area contributed by atoms with Crippen molar-refractivity contribution in [2.24, 2.45) is 5.92 Å². The van der Waals surface area contributed by atoms with Gasteiger partial charge in [0, 0.05) is 37.1 Å². The molecular weight excluding hydrogens is 455 g/mol. The zero-order valence-corrected chi connectivity index (χ0v) is 21.4. The number of anilines is 1. The van der Waals surface area contributed by atoms with E-state index in [1.807, 2.05) is 19.3 Å². The quantitative estimate of drug-likeness (QED) is 0.393. The van der Waals surface area contributed by atoms with Crippen LogP contribution in [-0.2, 0) is 4.79 Å². The van der Waals surface area contributed by atoms with Crippen LogP contribution in [0, 0.1) is 24.7 Å². The molecule has 36 heavy (non-hydrogen) atoms. The van der Waals surface area contributed by atoms with Crippen LogP contribution in [0.2, 0.25) is 0 Å². The number of hydrogen-bond acceptors (Lipinski definition) is 6. The number of benzene rings is 1. The molecule has 1 aliphatic heterocycles. The van der Waals surface area contributed by atoms with Gasteiger partial charge in [0.1, 0.15) is 11.7 Å². The third-order valence-electron chi connectivity index (χ3n) is 5.90. The summed E-state index contributed by atoms with van der Waals surface area (Å²) in [5.41, 5.74) is 3.75. The first-order chi connectivity index (χ1) is 16.8. The Hall–Kier alpha value is -2.40. The van der Waals surface area contributed by atoms with Crippen molar-refractivity contribution in [1.29, 1.82) is 0 Å². The number of piperidine rings is 1. The fourth-order valence-corrected chi connectivity index (χ4v) is 3.83. The summed E-state index contributed by atoms with van der Waals surface area (Å²) in [6.07, 6.45) is 4.66. The molecule has 4 rings (SSSR count). The number of alkyl halides is 1. The molecule has 0 spiro atoms. The maximum Gasteiger partial charge on any atom is 1.00 e. The zero-order valence-electron chi connectivity index (χ0n) is 21.4. The van der Waals surface area contributed by atoms with Gasteiger partial charge in [-0.3, -0.25) is 6.29 Å². The third-order valence-corrected chi connectivity index (χ3v) is 5.90. The van der Waals surface area contributed by atoms with Gasteiger partial charge in [0.15, 0.2) is 0 Å². The number of nitrogens with one attached hydrogen (secondary N) is 2. The summed E-state index contributed by atoms with van der Waals surface area (Å²) in [4.78, 5) is 23.4. The van der Waals surface area contributed by atoms with Crippen LogP contribution >= 0.6 is 0 Å². The van der Waals surface area contributed by atoms with Crippen LogP contribution in [0.25, 0.3) is 22.3 Å². The second-order valence-electron chi connectivity index (χ2n) is 8.95. The summed E-state index contributed by atoms with van der Waals surface area (Å²) in [5.74, 6) is 0.303. The molecule has 1 aliphatic rings. The summed E-state index contributed by atoms with van der Waals surface area (Å²) in [7, 11) is 0. The summed E-state index contributed by atoms with van der Waals surface area (Å²) in [5, 5.41) is 6.28. The topological polar surface area (TPSA) is 79.8 Å². The van der Waals surface area contributed by atoms with E-state index in [0.29, 0.717) is 48.7 Å². The van der Waals surface area contributed by atoms with Gasteiger partial charge in [-0.2, -0.15) is 18.1 Å². The van der Waals surface area contributed by atoms with Gasteiger partial charge in [-0.25, -0.2) is 30.2 Å². The SMILES string of the molecule is CC(C)c1cc(-c2cc[c-]c(F)c2)nc2cnc(N[C@@H]3CNC[C@@H](F)C3)nc12.[CH2-]CC([C-]=O)CC.[Li+]. The van der Waals surface area contributed by atoms with Gasteiger partial charge in [0.05, 0.1) is 11.7 Å². The molecule has 2 N–H and O–H groups in total. The minimum atomic E-state index is -0.870. The molecule has 3 heterocycles. The molecule has 1 aromatic carbocycles. The molecule has 1 saturated heterocycles. The monoisotopic (exact) mass is 487 g/mol. The fraction of sp³-hybridized carbons (Fsp3) is 0.444. The summed E-state index contributed by atoms with van der Waals surface area (Å²) < 4.78 is 27.2. The summed E-state index contributed by atoms with van der Waals surface area (Å²) in [6, 6.07) is 9.13. The number of pyridine rings is 1. The Kier molecular flexibility index (Phi) is 11.9. The molecule has 1 unspecified atom stereocenters. The van der Waals surface area contributed by atoms with E-state index in [9.17, 15) is 13.6 Å². The smallest absolute Gasteiger partial charge is 0.542 e. The standard InChI is InChI=1S/C21H22F2N5.C6H10O.Li/c1-12(2)17-8-18(13-4-3-5-14(22)6-13)27-19-11-25-21(28-20(17)19)26-16-7-15(23)9-24-10-16;1-3-6(4-2)5-7;/h3-4,6,8,11-12,15-16,24H,7,9-10H2,1-2H3,(H,25,26,28);6H,1,3-4H2,2H3;/q-1;-2;+1/t15-,16-;;/m0../s1. The van der Waals surface area contributed by atoms with Crippen LogP contribution in [-0.4, -0.2) is 46.5 Å². The predicted octanol–water partition coefficient (Wildman–Crippen LogP) is 2.22. The number of carbonyl (C=O) groups excluding carboxylic acids is 1. The minimum Gasteiger partial charge on any atom is -0.542 e. The van der Waals surface area contributed by atoms with E-state index in [4.69, 9.17) is 0 Å². The second-order valence-corrected chi connectivity index (χ2v) is 8.95. The number of fused-ring (bicyclic) bond motifs is 1. The first-order valence-electron chi connectivity index (χ1n) is 12.0. The zero-order chi connectivity index (χ0) is 25.4. The van der Waals surface area contributed by atoms with Crippen molar-refractivity contribution >= 4 is 23.3 Å². The molecule has 9 heteroatoms. The van der Waals surface area contributed by atoms with E-state index in [-0.39, 0.29) is 36.7 Å². The van der Waals surface area contributed by atoms with E-state index in [2.05, 4.69) is 52.4 Å². The number of nitrogens with zero attached hydrogens (tertiary/aromatic N) is 3. The first kappa shape index (κ1) is 29.8. The van der Waals surface area contributed by atoms with E-state index >= 15 is 0 Å². The Morgan fingerprint density at radius 1 is 1.31 bits per heavy atom. The van der Waals surface area contributed by atoms with Crippen LogP contribution in [0.4, 0.5) is 14.7 Å². The van der Waals surface area contributed by atoms with Crippen LogP contribution < -0.4 is 29.5 Å². The molecule has 3 aromatic rings. The Morgan fingerprint density at radius 2 is 2.08 bits per heavy atom. The van der Waals surface area contributed by atoms with Crippen molar-refractivity contribution in [2.45, 2.75) is 58.2 Å². The normalized spacial score (nSPS) is 18.1. The maximum absolute atomic E-state index is 13.6. The van der Waals surface area contributed by atoms with Gasteiger partial charge < -0.3 is 22.4 Å². The summed E-state index contributed by atoms with van der Waals surface area (Å²) >= 11 is 0. The largest absolute Gasteiger partial charge is 1.00 e. The van der Waals surface area contributed by atoms with E-state index in [0.717, 1.165) is 17.5 Å². The third kappa shape index (κ3) is 8.06. The number of rotatable bonds is 7. The van der Waals surface area contributed by atoms with Gasteiger partial charge in [-0.1, -0.05) is 27.2 Å². The van der Waals surface area contributed by atoms with Gasteiger partial charge >= 0.3 is 18.9 Å². The Labute approximate surface area is 224 Å². The van der Waals surface area contributed by atoms with Crippen LogP contribution in [0.3, 0.4) is 0 Å². The molecule has 188 valence electrons. The number of halogens is 2. The molecular formula is C27H32F2LiN5O-2. The molecule has 0 amide bonds. The van der Waals surface area contributed by atoms with Gasteiger partial charge in [0.25, 0.3) is 0 Å². The minimum absolute atomic E-state index is 0.